The highest BCUT2D eigenvalue weighted by Gasteiger charge is 2.19. The Morgan fingerprint density at radius 2 is 2.26 bits per heavy atom. The molecule has 3 nitrogen and oxygen atoms in total. The fourth-order valence-electron chi connectivity index (χ4n) is 2.12. The quantitative estimate of drug-likeness (QED) is 0.864. The van der Waals surface area contributed by atoms with Gasteiger partial charge in [0.05, 0.1) is 20.2 Å². The third-order valence-corrected chi connectivity index (χ3v) is 5.37. The van der Waals surface area contributed by atoms with Gasteiger partial charge >= 0.3 is 0 Å². The molecule has 0 aromatic carbocycles. The molecule has 1 N–H and O–H groups in total. The van der Waals surface area contributed by atoms with Crippen LogP contribution in [0.4, 0.5) is 0 Å². The van der Waals surface area contributed by atoms with Gasteiger partial charge in [-0.15, -0.1) is 11.3 Å². The predicted octanol–water partition coefficient (Wildman–Crippen LogP) is 4.19. The summed E-state index contributed by atoms with van der Waals surface area (Å²) in [6.07, 6.45) is 0.844. The number of nitrogens with one attached hydrogen (secondary N) is 1. The van der Waals surface area contributed by atoms with Gasteiger partial charge in [0.1, 0.15) is 0 Å². The van der Waals surface area contributed by atoms with Gasteiger partial charge in [0.15, 0.2) is 0 Å². The molecule has 0 aliphatic rings. The van der Waals surface area contributed by atoms with Crippen molar-refractivity contribution in [3.8, 4) is 0 Å². The number of rotatable bonds is 5. The van der Waals surface area contributed by atoms with E-state index in [-0.39, 0.29) is 6.04 Å². The van der Waals surface area contributed by atoms with E-state index in [2.05, 4.69) is 45.4 Å². The zero-order valence-corrected chi connectivity index (χ0v) is 14.4. The Labute approximate surface area is 131 Å². The topological polar surface area (TPSA) is 29.9 Å². The van der Waals surface area contributed by atoms with Crippen LogP contribution >= 0.6 is 38.9 Å². The first-order valence-electron chi connectivity index (χ1n) is 6.21. The highest BCUT2D eigenvalue weighted by molar-refractivity contribution is 9.11. The van der Waals surface area contributed by atoms with Crippen molar-refractivity contribution in [2.24, 2.45) is 0 Å². The van der Waals surface area contributed by atoms with Gasteiger partial charge in [-0.2, -0.15) is 5.10 Å². The minimum atomic E-state index is 0.259. The molecule has 0 spiro atoms. The standard InChI is InChI=1S/C13H17BrClN3S/c1-4-18-10(13(15)8(2)17-18)7-9(16-3)11-5-6-12(14)19-11/h5-6,9,16H,4,7H2,1-3H3. The molecule has 0 aliphatic carbocycles. The van der Waals surface area contributed by atoms with E-state index in [4.69, 9.17) is 11.6 Å². The van der Waals surface area contributed by atoms with Crippen LogP contribution in [0.1, 0.15) is 29.2 Å². The monoisotopic (exact) mass is 361 g/mol. The second-order valence-electron chi connectivity index (χ2n) is 4.35. The van der Waals surface area contributed by atoms with E-state index in [0.29, 0.717) is 0 Å². The minimum Gasteiger partial charge on any atom is -0.312 e. The lowest BCUT2D eigenvalue weighted by Crippen LogP contribution is -2.19. The third kappa shape index (κ3) is 3.21. The van der Waals surface area contributed by atoms with Crippen LogP contribution in [0.3, 0.4) is 0 Å². The lowest BCUT2D eigenvalue weighted by Gasteiger charge is -2.15. The molecule has 19 heavy (non-hydrogen) atoms. The number of hydrogen-bond acceptors (Lipinski definition) is 3. The van der Waals surface area contributed by atoms with E-state index in [0.717, 1.165) is 33.2 Å². The van der Waals surface area contributed by atoms with Crippen molar-refractivity contribution in [3.63, 3.8) is 0 Å². The van der Waals surface area contributed by atoms with Gasteiger partial charge in [-0.1, -0.05) is 11.6 Å². The molecular formula is C13H17BrClN3S. The number of nitrogens with zero attached hydrogens (tertiary/aromatic N) is 2. The van der Waals surface area contributed by atoms with Gasteiger partial charge in [0.25, 0.3) is 0 Å². The van der Waals surface area contributed by atoms with Crippen LogP contribution in [0.15, 0.2) is 15.9 Å². The normalized spacial score (nSPS) is 12.9. The van der Waals surface area contributed by atoms with E-state index >= 15 is 0 Å². The molecule has 0 bridgehead atoms. The van der Waals surface area contributed by atoms with Crippen molar-refractivity contribution in [2.75, 3.05) is 7.05 Å². The lowest BCUT2D eigenvalue weighted by molar-refractivity contribution is 0.547. The number of likely N-dealkylation sites (N-methyl/N-ethyl adjacent to an activating group) is 1. The van der Waals surface area contributed by atoms with Crippen molar-refractivity contribution < 1.29 is 0 Å². The molecule has 0 amide bonds. The maximum Gasteiger partial charge on any atom is 0.0847 e. The lowest BCUT2D eigenvalue weighted by atomic mass is 10.1. The summed E-state index contributed by atoms with van der Waals surface area (Å²) in [4.78, 5) is 1.30. The summed E-state index contributed by atoms with van der Waals surface area (Å²) < 4.78 is 3.14. The summed E-state index contributed by atoms with van der Waals surface area (Å²) in [5.41, 5.74) is 2.01. The average Bonchev–Trinajstić information content (AvgIpc) is 2.93. The Balaban J connectivity index is 2.28. The Kier molecular flexibility index (Phi) is 5.06. The van der Waals surface area contributed by atoms with Crippen molar-refractivity contribution in [1.29, 1.82) is 0 Å². The molecule has 2 aromatic heterocycles. The second kappa shape index (κ2) is 6.39. The van der Waals surface area contributed by atoms with Crippen LogP contribution in [0.2, 0.25) is 5.02 Å². The summed E-state index contributed by atoms with van der Waals surface area (Å²) >= 11 is 11.6. The van der Waals surface area contributed by atoms with E-state index in [1.807, 2.05) is 18.7 Å². The van der Waals surface area contributed by atoms with E-state index in [9.17, 15) is 0 Å². The zero-order chi connectivity index (χ0) is 14.0. The number of aromatic nitrogens is 2. The zero-order valence-electron chi connectivity index (χ0n) is 11.2. The molecule has 2 aromatic rings. The molecule has 6 heteroatoms. The summed E-state index contributed by atoms with van der Waals surface area (Å²) in [7, 11) is 1.98. The number of hydrogen-bond donors (Lipinski definition) is 1. The second-order valence-corrected chi connectivity index (χ2v) is 7.22. The maximum atomic E-state index is 6.37. The van der Waals surface area contributed by atoms with Crippen molar-refractivity contribution >= 4 is 38.9 Å². The Bertz CT molecular complexity index is 564. The number of thiophene rings is 1. The summed E-state index contributed by atoms with van der Waals surface area (Å²) in [5.74, 6) is 0. The predicted molar refractivity (Wildman–Crippen MR) is 85.2 cm³/mol. The molecule has 104 valence electrons. The van der Waals surface area contributed by atoms with Gasteiger partial charge in [-0.05, 0) is 49.0 Å². The highest BCUT2D eigenvalue weighted by atomic mass is 79.9. The van der Waals surface area contributed by atoms with Crippen LogP contribution < -0.4 is 5.32 Å². The molecule has 2 rings (SSSR count). The van der Waals surface area contributed by atoms with Crippen LogP contribution in [0.5, 0.6) is 0 Å². The fraction of sp³-hybridized carbons (Fsp3) is 0.462. The van der Waals surface area contributed by atoms with Crippen LogP contribution in [-0.2, 0) is 13.0 Å². The Hall–Kier alpha value is -0.360. The molecule has 0 fully saturated rings. The molecule has 0 radical (unpaired) electrons. The van der Waals surface area contributed by atoms with Gasteiger partial charge in [0.2, 0.25) is 0 Å². The van der Waals surface area contributed by atoms with Gasteiger partial charge in [-0.3, -0.25) is 4.68 Å². The van der Waals surface area contributed by atoms with Gasteiger partial charge in [0, 0.05) is 23.9 Å². The number of halogens is 2. The number of aryl methyl sites for hydroxylation is 2. The molecular weight excluding hydrogens is 346 g/mol. The Morgan fingerprint density at radius 3 is 2.79 bits per heavy atom. The van der Waals surface area contributed by atoms with Crippen molar-refractivity contribution in [1.82, 2.24) is 15.1 Å². The van der Waals surface area contributed by atoms with Crippen LogP contribution in [0.25, 0.3) is 0 Å². The first-order valence-corrected chi connectivity index (χ1v) is 8.19. The fourth-order valence-corrected chi connectivity index (χ4v) is 3.86. The minimum absolute atomic E-state index is 0.259. The molecule has 0 saturated heterocycles. The molecule has 1 atom stereocenters. The summed E-state index contributed by atoms with van der Waals surface area (Å²) in [6, 6.07) is 4.48. The van der Waals surface area contributed by atoms with E-state index in [1.54, 1.807) is 11.3 Å². The molecule has 0 saturated carbocycles. The summed E-state index contributed by atoms with van der Waals surface area (Å²) in [6.45, 7) is 4.88. The first-order chi connectivity index (χ1) is 9.06. The van der Waals surface area contributed by atoms with Gasteiger partial charge < -0.3 is 5.32 Å². The highest BCUT2D eigenvalue weighted by Crippen LogP contribution is 2.31. The SMILES string of the molecule is CCn1nc(C)c(Cl)c1CC(NC)c1ccc(Br)s1. The average molecular weight is 363 g/mol. The van der Waals surface area contributed by atoms with Crippen molar-refractivity contribution in [2.45, 2.75) is 32.9 Å². The first kappa shape index (κ1) is 15.0. The van der Waals surface area contributed by atoms with Gasteiger partial charge in [-0.25, -0.2) is 0 Å². The third-order valence-electron chi connectivity index (χ3n) is 3.14. The maximum absolute atomic E-state index is 6.37. The summed E-state index contributed by atoms with van der Waals surface area (Å²) in [5, 5.41) is 8.61. The van der Waals surface area contributed by atoms with Crippen molar-refractivity contribution in [3.05, 3.63) is 37.2 Å². The van der Waals surface area contributed by atoms with E-state index in [1.165, 1.54) is 4.88 Å². The van der Waals surface area contributed by atoms with Crippen LogP contribution in [0, 0.1) is 6.92 Å². The van der Waals surface area contributed by atoms with Crippen LogP contribution in [-0.4, -0.2) is 16.8 Å². The van der Waals surface area contributed by atoms with E-state index < -0.39 is 0 Å². The molecule has 2 heterocycles. The molecule has 0 aliphatic heterocycles. The Morgan fingerprint density at radius 1 is 1.53 bits per heavy atom. The molecule has 1 unspecified atom stereocenters. The largest absolute Gasteiger partial charge is 0.312 e. The smallest absolute Gasteiger partial charge is 0.0847 e.